The van der Waals surface area contributed by atoms with Crippen molar-refractivity contribution in [3.8, 4) is 28.3 Å². The van der Waals surface area contributed by atoms with E-state index in [1.165, 1.54) is 37.7 Å². The molecule has 0 fully saturated rings. The van der Waals surface area contributed by atoms with Crippen LogP contribution in [0.25, 0.3) is 22.5 Å². The van der Waals surface area contributed by atoms with Gasteiger partial charge in [-0.05, 0) is 60.4 Å². The molecule has 0 saturated heterocycles. The first-order valence-electron chi connectivity index (χ1n) is 13.5. The molecule has 3 aromatic rings. The number of benzene rings is 2. The average Bonchev–Trinajstić information content (AvgIpc) is 2.92. The van der Waals surface area contributed by atoms with Crippen LogP contribution in [0.5, 0.6) is 5.75 Å². The van der Waals surface area contributed by atoms with Crippen molar-refractivity contribution in [2.24, 2.45) is 5.92 Å². The SMILES string of the molecule is CCCCCCCc1cnc(-c2ccc(-c3ccc(OC(=O)OCCCC(C)CC)cc3)cc2)nc1. The molecule has 1 atom stereocenters. The van der Waals surface area contributed by atoms with E-state index in [1.807, 2.05) is 36.7 Å². The molecular formula is C31H40N2O3. The molecule has 0 aliphatic heterocycles. The number of rotatable bonds is 14. The van der Waals surface area contributed by atoms with Gasteiger partial charge in [0.2, 0.25) is 0 Å². The third kappa shape index (κ3) is 9.10. The van der Waals surface area contributed by atoms with Gasteiger partial charge in [-0.1, -0.05) is 89.3 Å². The molecule has 0 spiro atoms. The normalized spacial score (nSPS) is 11.8. The summed E-state index contributed by atoms with van der Waals surface area (Å²) in [7, 11) is 0. The predicted octanol–water partition coefficient (Wildman–Crippen LogP) is 8.67. The van der Waals surface area contributed by atoms with Crippen molar-refractivity contribution < 1.29 is 14.3 Å². The van der Waals surface area contributed by atoms with E-state index in [2.05, 4.69) is 42.9 Å². The fourth-order valence-electron chi connectivity index (χ4n) is 4.01. The molecule has 36 heavy (non-hydrogen) atoms. The van der Waals surface area contributed by atoms with Gasteiger partial charge in [0.25, 0.3) is 0 Å². The minimum Gasteiger partial charge on any atom is -0.434 e. The van der Waals surface area contributed by atoms with Gasteiger partial charge in [-0.3, -0.25) is 0 Å². The molecule has 0 radical (unpaired) electrons. The molecule has 1 heterocycles. The van der Waals surface area contributed by atoms with E-state index in [1.54, 1.807) is 12.1 Å². The molecule has 1 unspecified atom stereocenters. The lowest BCUT2D eigenvalue weighted by Crippen LogP contribution is -2.12. The van der Waals surface area contributed by atoms with Crippen molar-refractivity contribution >= 4 is 6.16 Å². The van der Waals surface area contributed by atoms with Gasteiger partial charge in [-0.25, -0.2) is 14.8 Å². The maximum absolute atomic E-state index is 11.9. The largest absolute Gasteiger partial charge is 0.513 e. The lowest BCUT2D eigenvalue weighted by atomic mass is 10.0. The Labute approximate surface area is 216 Å². The average molecular weight is 489 g/mol. The summed E-state index contributed by atoms with van der Waals surface area (Å²) in [5.74, 6) is 1.86. The van der Waals surface area contributed by atoms with Crippen molar-refractivity contribution in [3.05, 3.63) is 66.5 Å². The number of aryl methyl sites for hydroxylation is 1. The summed E-state index contributed by atoms with van der Waals surface area (Å²) in [6.45, 7) is 7.00. The van der Waals surface area contributed by atoms with Gasteiger partial charge < -0.3 is 9.47 Å². The summed E-state index contributed by atoms with van der Waals surface area (Å²) >= 11 is 0. The Morgan fingerprint density at radius 1 is 0.806 bits per heavy atom. The minimum absolute atomic E-state index is 0.388. The number of carbonyl (C=O) groups is 1. The van der Waals surface area contributed by atoms with Crippen molar-refractivity contribution in [2.75, 3.05) is 6.61 Å². The smallest absolute Gasteiger partial charge is 0.434 e. The zero-order valence-corrected chi connectivity index (χ0v) is 22.0. The number of ether oxygens (including phenoxy) is 2. The molecule has 0 aliphatic carbocycles. The highest BCUT2D eigenvalue weighted by atomic mass is 16.7. The molecule has 5 heteroatoms. The Morgan fingerprint density at radius 2 is 1.42 bits per heavy atom. The van der Waals surface area contributed by atoms with Gasteiger partial charge in [0, 0.05) is 18.0 Å². The predicted molar refractivity (Wildman–Crippen MR) is 146 cm³/mol. The third-order valence-corrected chi connectivity index (χ3v) is 6.56. The number of nitrogens with zero attached hydrogens (tertiary/aromatic N) is 2. The second-order valence-electron chi connectivity index (χ2n) is 9.54. The second-order valence-corrected chi connectivity index (χ2v) is 9.54. The molecule has 0 bridgehead atoms. The Morgan fingerprint density at radius 3 is 2.06 bits per heavy atom. The number of aromatic nitrogens is 2. The lowest BCUT2D eigenvalue weighted by molar-refractivity contribution is 0.0963. The van der Waals surface area contributed by atoms with Crippen LogP contribution in [0.2, 0.25) is 0 Å². The Kier molecular flexibility index (Phi) is 11.4. The van der Waals surface area contributed by atoms with Crippen LogP contribution in [0.4, 0.5) is 4.79 Å². The number of unbranched alkanes of at least 4 members (excludes halogenated alkanes) is 4. The van der Waals surface area contributed by atoms with Gasteiger partial charge >= 0.3 is 6.16 Å². The van der Waals surface area contributed by atoms with Crippen LogP contribution in [-0.4, -0.2) is 22.7 Å². The van der Waals surface area contributed by atoms with Crippen molar-refractivity contribution in [2.45, 2.75) is 78.6 Å². The topological polar surface area (TPSA) is 61.3 Å². The van der Waals surface area contributed by atoms with Crippen molar-refractivity contribution in [1.82, 2.24) is 9.97 Å². The number of hydrogen-bond donors (Lipinski definition) is 0. The van der Waals surface area contributed by atoms with Crippen LogP contribution in [0.1, 0.15) is 77.7 Å². The highest BCUT2D eigenvalue weighted by Gasteiger charge is 2.08. The van der Waals surface area contributed by atoms with Crippen LogP contribution < -0.4 is 4.74 Å². The number of carbonyl (C=O) groups excluding carboxylic acids is 1. The first-order valence-corrected chi connectivity index (χ1v) is 13.5. The first-order chi connectivity index (χ1) is 17.6. The van der Waals surface area contributed by atoms with E-state index in [0.717, 1.165) is 48.2 Å². The molecule has 0 amide bonds. The summed E-state index contributed by atoms with van der Waals surface area (Å²) in [6.07, 6.45) is 13.7. The zero-order valence-electron chi connectivity index (χ0n) is 22.0. The standard InChI is InChI=1S/C31H40N2O3/c1-4-6-7-8-9-12-25-22-32-30(33-23-25)28-15-13-26(14-16-28)27-17-19-29(20-18-27)36-31(34)35-21-10-11-24(3)5-2/h13-20,22-24H,4-12,21H2,1-3H3. The van der Waals surface area contributed by atoms with Crippen LogP contribution in [0.3, 0.4) is 0 Å². The van der Waals surface area contributed by atoms with Crippen molar-refractivity contribution in [1.29, 1.82) is 0 Å². The third-order valence-electron chi connectivity index (χ3n) is 6.56. The highest BCUT2D eigenvalue weighted by Crippen LogP contribution is 2.25. The van der Waals surface area contributed by atoms with Crippen molar-refractivity contribution in [3.63, 3.8) is 0 Å². The molecule has 0 saturated carbocycles. The van der Waals surface area contributed by atoms with Crippen LogP contribution in [0.15, 0.2) is 60.9 Å². The molecular weight excluding hydrogens is 448 g/mol. The quantitative estimate of drug-likeness (QED) is 0.129. The van der Waals surface area contributed by atoms with Crippen LogP contribution in [-0.2, 0) is 11.2 Å². The van der Waals surface area contributed by atoms with E-state index in [0.29, 0.717) is 18.3 Å². The minimum atomic E-state index is -0.654. The van der Waals surface area contributed by atoms with Gasteiger partial charge in [0.1, 0.15) is 5.75 Å². The molecule has 5 nitrogen and oxygen atoms in total. The van der Waals surface area contributed by atoms with Gasteiger partial charge in [0.15, 0.2) is 5.82 Å². The second kappa shape index (κ2) is 15.0. The van der Waals surface area contributed by atoms with Gasteiger partial charge in [-0.15, -0.1) is 0 Å². The zero-order chi connectivity index (χ0) is 25.6. The molecule has 0 aliphatic rings. The Bertz CT molecular complexity index is 1030. The fraction of sp³-hybridized carbons (Fsp3) is 0.452. The summed E-state index contributed by atoms with van der Waals surface area (Å²) in [4.78, 5) is 21.1. The van der Waals surface area contributed by atoms with E-state index in [-0.39, 0.29) is 0 Å². The van der Waals surface area contributed by atoms with Gasteiger partial charge in [-0.2, -0.15) is 0 Å². The summed E-state index contributed by atoms with van der Waals surface area (Å²) in [6, 6.07) is 15.6. The highest BCUT2D eigenvalue weighted by molar-refractivity contribution is 5.69. The molecule has 2 aromatic carbocycles. The van der Waals surface area contributed by atoms with E-state index < -0.39 is 6.16 Å². The fourth-order valence-corrected chi connectivity index (χ4v) is 4.01. The summed E-state index contributed by atoms with van der Waals surface area (Å²) < 4.78 is 10.5. The lowest BCUT2D eigenvalue weighted by Gasteiger charge is -2.09. The van der Waals surface area contributed by atoms with E-state index in [9.17, 15) is 4.79 Å². The van der Waals surface area contributed by atoms with Crippen LogP contribution in [0, 0.1) is 5.92 Å². The molecule has 1 aromatic heterocycles. The molecule has 192 valence electrons. The molecule has 0 N–H and O–H groups in total. The first kappa shape index (κ1) is 27.4. The Balaban J connectivity index is 1.48. The van der Waals surface area contributed by atoms with E-state index >= 15 is 0 Å². The maximum atomic E-state index is 11.9. The summed E-state index contributed by atoms with van der Waals surface area (Å²) in [5, 5.41) is 0. The summed E-state index contributed by atoms with van der Waals surface area (Å²) in [5.41, 5.74) is 4.30. The van der Waals surface area contributed by atoms with E-state index in [4.69, 9.17) is 9.47 Å². The monoisotopic (exact) mass is 488 g/mol. The van der Waals surface area contributed by atoms with Gasteiger partial charge in [0.05, 0.1) is 6.61 Å². The molecule has 3 rings (SSSR count). The van der Waals surface area contributed by atoms with Crippen LogP contribution >= 0.6 is 0 Å². The maximum Gasteiger partial charge on any atom is 0.513 e. The number of hydrogen-bond acceptors (Lipinski definition) is 5. The Hall–Kier alpha value is -3.21.